The molecule has 2 aromatic carbocycles. The number of ketones is 1. The van der Waals surface area contributed by atoms with Gasteiger partial charge in [0.25, 0.3) is 0 Å². The first-order valence-corrected chi connectivity index (χ1v) is 17.3. The Morgan fingerprint density at radius 2 is 1.56 bits per heavy atom. The van der Waals surface area contributed by atoms with Crippen LogP contribution in [0.1, 0.15) is 84.8 Å². The number of rotatable bonds is 14. The van der Waals surface area contributed by atoms with Gasteiger partial charge in [0.2, 0.25) is 5.91 Å². The van der Waals surface area contributed by atoms with Crippen molar-refractivity contribution in [2.45, 2.75) is 96.9 Å². The number of nitrogens with zero attached hydrogens (tertiary/aromatic N) is 1. The van der Waals surface area contributed by atoms with E-state index in [1.807, 2.05) is 30.3 Å². The normalized spacial score (nSPS) is 16.3. The Balaban J connectivity index is 2.26. The van der Waals surface area contributed by atoms with E-state index in [1.54, 1.807) is 59.8 Å². The molecule has 1 aliphatic rings. The summed E-state index contributed by atoms with van der Waals surface area (Å²) in [5, 5.41) is 2.91. The highest BCUT2D eigenvalue weighted by atomic mass is 35.5. The van der Waals surface area contributed by atoms with Crippen LogP contribution >= 0.6 is 11.6 Å². The maximum absolute atomic E-state index is 14.0. The minimum Gasteiger partial charge on any atom is -0.493 e. The van der Waals surface area contributed by atoms with Crippen LogP contribution in [0.4, 0.5) is 15.3 Å². The second-order valence-electron chi connectivity index (χ2n) is 14.1. The maximum Gasteiger partial charge on any atom is 0.424 e. The van der Waals surface area contributed by atoms with Crippen molar-refractivity contribution in [2.24, 2.45) is 0 Å². The van der Waals surface area contributed by atoms with Crippen molar-refractivity contribution in [1.29, 1.82) is 0 Å². The zero-order chi connectivity index (χ0) is 37.1. The molecule has 0 saturated heterocycles. The summed E-state index contributed by atoms with van der Waals surface area (Å²) in [6.07, 6.45) is 0.762. The van der Waals surface area contributed by atoms with Crippen LogP contribution in [0, 0.1) is 0 Å². The second kappa shape index (κ2) is 17.7. The SMILES string of the molecule is COc1ccc([C@@]2(CC(=O)NCCCCl)C=C(CCOCc3ccccc3)C(=O)CC2)c(N(C(=O)OC(C)(C)C)C(=O)OC(C)(C)C)c1OC. The second-order valence-corrected chi connectivity index (χ2v) is 14.5. The quantitative estimate of drug-likeness (QED) is 0.155. The lowest BCUT2D eigenvalue weighted by Gasteiger charge is -2.39. The number of anilines is 1. The van der Waals surface area contributed by atoms with E-state index in [1.165, 1.54) is 14.2 Å². The summed E-state index contributed by atoms with van der Waals surface area (Å²) in [5.74, 6) is 0.247. The summed E-state index contributed by atoms with van der Waals surface area (Å²) in [7, 11) is 2.81. The highest BCUT2D eigenvalue weighted by Gasteiger charge is 2.45. The largest absolute Gasteiger partial charge is 0.493 e. The molecule has 0 fully saturated rings. The van der Waals surface area contributed by atoms with Crippen LogP contribution in [0.25, 0.3) is 0 Å². The highest BCUT2D eigenvalue weighted by molar-refractivity contribution is 6.17. The topological polar surface area (TPSA) is 130 Å². The van der Waals surface area contributed by atoms with E-state index in [4.69, 9.17) is 35.3 Å². The third-order valence-corrected chi connectivity index (χ3v) is 8.04. The Morgan fingerprint density at radius 1 is 0.920 bits per heavy atom. The number of hydrogen-bond donors (Lipinski definition) is 1. The molecule has 0 unspecified atom stereocenters. The third-order valence-electron chi connectivity index (χ3n) is 7.77. The predicted octanol–water partition coefficient (Wildman–Crippen LogP) is 7.65. The molecule has 3 amide bonds. The summed E-state index contributed by atoms with van der Waals surface area (Å²) >= 11 is 5.87. The zero-order valence-corrected chi connectivity index (χ0v) is 31.2. The number of ether oxygens (including phenoxy) is 5. The van der Waals surface area contributed by atoms with Gasteiger partial charge in [0.1, 0.15) is 16.9 Å². The van der Waals surface area contributed by atoms with E-state index in [0.29, 0.717) is 36.6 Å². The van der Waals surface area contributed by atoms with Crippen molar-refractivity contribution < 1.29 is 42.9 Å². The molecule has 1 aliphatic carbocycles. The molecule has 0 bridgehead atoms. The minimum atomic E-state index is -1.19. The van der Waals surface area contributed by atoms with Crippen LogP contribution < -0.4 is 19.7 Å². The molecule has 12 heteroatoms. The number of allylic oxidation sites excluding steroid dienone is 1. The van der Waals surface area contributed by atoms with Crippen molar-refractivity contribution in [3.8, 4) is 11.5 Å². The summed E-state index contributed by atoms with van der Waals surface area (Å²) in [6, 6.07) is 13.0. The van der Waals surface area contributed by atoms with Gasteiger partial charge in [-0.3, -0.25) is 9.59 Å². The van der Waals surface area contributed by atoms with E-state index < -0.39 is 28.8 Å². The van der Waals surface area contributed by atoms with Crippen LogP contribution in [0.15, 0.2) is 54.1 Å². The molecule has 0 saturated carbocycles. The molecule has 1 N–H and O–H groups in total. The number of methoxy groups -OCH3 is 2. The summed E-state index contributed by atoms with van der Waals surface area (Å²) in [5.41, 5.74) is -1.35. The number of Topliss-reactive ketones (excluding diaryl/α,β-unsaturated/α-hetero) is 1. The van der Waals surface area contributed by atoms with Crippen molar-refractivity contribution >= 4 is 41.2 Å². The van der Waals surface area contributed by atoms with Gasteiger partial charge >= 0.3 is 12.2 Å². The number of halogens is 1. The molecule has 2 aromatic rings. The van der Waals surface area contributed by atoms with Crippen LogP contribution in [0.5, 0.6) is 11.5 Å². The van der Waals surface area contributed by atoms with Gasteiger partial charge in [0.05, 0.1) is 27.4 Å². The standard InChI is InChI=1S/C38H51ClN2O9/c1-36(2,3)49-34(44)41(35(45)50-37(4,5)6)32-28(15-16-30(46-7)33(32)47-8)38(24-31(43)40-21-12-20-39)19-17-29(42)27(23-38)18-22-48-25-26-13-10-9-11-14-26/h9-11,13-16,23H,12,17-22,24-25H2,1-8H3,(H,40,43)/t38-/m1/s1. The molecule has 0 aromatic heterocycles. The van der Waals surface area contributed by atoms with Crippen molar-refractivity contribution in [3.05, 3.63) is 65.2 Å². The average molecular weight is 715 g/mol. The summed E-state index contributed by atoms with van der Waals surface area (Å²) in [6.45, 7) is 11.0. The van der Waals surface area contributed by atoms with Crippen molar-refractivity contribution in [2.75, 3.05) is 38.2 Å². The van der Waals surface area contributed by atoms with E-state index in [0.717, 1.165) is 10.5 Å². The molecule has 3 rings (SSSR count). The minimum absolute atomic E-state index is 0.0193. The summed E-state index contributed by atoms with van der Waals surface area (Å²) < 4.78 is 28.8. The van der Waals surface area contributed by atoms with Crippen molar-refractivity contribution in [3.63, 3.8) is 0 Å². The lowest BCUT2D eigenvalue weighted by molar-refractivity contribution is -0.123. The molecular weight excluding hydrogens is 664 g/mol. The lowest BCUT2D eigenvalue weighted by Crippen LogP contribution is -2.46. The van der Waals surface area contributed by atoms with Gasteiger partial charge in [-0.05, 0) is 83.6 Å². The fraction of sp³-hybridized carbons (Fsp3) is 0.526. The van der Waals surface area contributed by atoms with E-state index >= 15 is 0 Å². The average Bonchev–Trinajstić information content (AvgIpc) is 3.03. The number of alkyl halides is 1. The Morgan fingerprint density at radius 3 is 2.12 bits per heavy atom. The smallest absolute Gasteiger partial charge is 0.424 e. The predicted molar refractivity (Wildman–Crippen MR) is 192 cm³/mol. The Labute approximate surface area is 300 Å². The van der Waals surface area contributed by atoms with Gasteiger partial charge in [-0.15, -0.1) is 11.6 Å². The first kappa shape index (κ1) is 40.3. The lowest BCUT2D eigenvalue weighted by atomic mass is 9.67. The molecule has 50 heavy (non-hydrogen) atoms. The Kier molecular flexibility index (Phi) is 14.3. The number of imide groups is 1. The Bertz CT molecular complexity index is 1500. The molecule has 1 atom stereocenters. The fourth-order valence-electron chi connectivity index (χ4n) is 5.64. The third kappa shape index (κ3) is 11.2. The van der Waals surface area contributed by atoms with E-state index in [-0.39, 0.29) is 61.2 Å². The zero-order valence-electron chi connectivity index (χ0n) is 30.5. The van der Waals surface area contributed by atoms with Gasteiger partial charge < -0.3 is 29.0 Å². The monoisotopic (exact) mass is 714 g/mol. The Hall–Kier alpha value is -4.09. The molecular formula is C38H51ClN2O9. The number of carbonyl (C=O) groups is 4. The molecule has 0 radical (unpaired) electrons. The van der Waals surface area contributed by atoms with Crippen LogP contribution in [-0.4, -0.2) is 68.3 Å². The van der Waals surface area contributed by atoms with Gasteiger partial charge in [-0.25, -0.2) is 9.59 Å². The van der Waals surface area contributed by atoms with Crippen LogP contribution in [0.2, 0.25) is 0 Å². The van der Waals surface area contributed by atoms with Crippen molar-refractivity contribution in [1.82, 2.24) is 5.32 Å². The molecule has 0 spiro atoms. The number of nitrogens with one attached hydrogen (secondary N) is 1. The van der Waals surface area contributed by atoms with Gasteiger partial charge in [0.15, 0.2) is 17.3 Å². The number of hydrogen-bond acceptors (Lipinski definition) is 9. The van der Waals surface area contributed by atoms with E-state index in [2.05, 4.69) is 5.32 Å². The summed E-state index contributed by atoms with van der Waals surface area (Å²) in [4.78, 5) is 55.9. The molecule has 274 valence electrons. The highest BCUT2D eigenvalue weighted by Crippen LogP contribution is 2.50. The van der Waals surface area contributed by atoms with E-state index in [9.17, 15) is 19.2 Å². The number of carbonyl (C=O) groups excluding carboxylic acids is 4. The molecule has 0 heterocycles. The fourth-order valence-corrected chi connectivity index (χ4v) is 5.77. The molecule has 0 aliphatic heterocycles. The van der Waals surface area contributed by atoms with Gasteiger partial charge in [-0.2, -0.15) is 4.90 Å². The van der Waals surface area contributed by atoms with Crippen LogP contribution in [0.3, 0.4) is 0 Å². The van der Waals surface area contributed by atoms with Crippen LogP contribution in [-0.2, 0) is 35.8 Å². The van der Waals surface area contributed by atoms with Gasteiger partial charge in [-0.1, -0.05) is 42.5 Å². The number of amides is 3. The first-order valence-electron chi connectivity index (χ1n) is 16.7. The number of benzene rings is 2. The maximum atomic E-state index is 14.0. The van der Waals surface area contributed by atoms with Gasteiger partial charge in [0, 0.05) is 30.7 Å². The molecule has 11 nitrogen and oxygen atoms in total. The first-order chi connectivity index (χ1) is 23.5.